The predicted molar refractivity (Wildman–Crippen MR) is 61.7 cm³/mol. The van der Waals surface area contributed by atoms with Gasteiger partial charge in [0.15, 0.2) is 5.67 Å². The summed E-state index contributed by atoms with van der Waals surface area (Å²) < 4.78 is 14.7. The summed E-state index contributed by atoms with van der Waals surface area (Å²) in [6.45, 7) is -0.0340. The van der Waals surface area contributed by atoms with E-state index in [9.17, 15) is 4.39 Å². The number of thiophene rings is 1. The Kier molecular flexibility index (Phi) is 2.84. The maximum absolute atomic E-state index is 14.7. The SMILES string of the molecule is NCC(F)(c1ccccc1)c1ccsc1. The van der Waals surface area contributed by atoms with Gasteiger partial charge in [-0.25, -0.2) is 4.39 Å². The summed E-state index contributed by atoms with van der Waals surface area (Å²) in [6, 6.07) is 10.8. The van der Waals surface area contributed by atoms with Crippen LogP contribution in [0.5, 0.6) is 0 Å². The molecule has 0 amide bonds. The quantitative estimate of drug-likeness (QED) is 0.847. The molecular weight excluding hydrogens is 209 g/mol. The van der Waals surface area contributed by atoms with E-state index in [-0.39, 0.29) is 6.54 Å². The maximum Gasteiger partial charge on any atom is 0.173 e. The van der Waals surface area contributed by atoms with Crippen LogP contribution < -0.4 is 5.73 Å². The Bertz CT molecular complexity index is 412. The molecule has 15 heavy (non-hydrogen) atoms. The lowest BCUT2D eigenvalue weighted by molar-refractivity contribution is 0.233. The smallest absolute Gasteiger partial charge is 0.173 e. The van der Waals surface area contributed by atoms with E-state index in [0.29, 0.717) is 11.1 Å². The normalized spacial score (nSPS) is 14.8. The highest BCUT2D eigenvalue weighted by molar-refractivity contribution is 7.08. The van der Waals surface area contributed by atoms with E-state index >= 15 is 0 Å². The molecule has 1 atom stereocenters. The number of rotatable bonds is 3. The molecule has 0 fully saturated rings. The van der Waals surface area contributed by atoms with Crippen LogP contribution in [0, 0.1) is 0 Å². The van der Waals surface area contributed by atoms with Crippen molar-refractivity contribution in [2.75, 3.05) is 6.54 Å². The van der Waals surface area contributed by atoms with Crippen LogP contribution in [-0.2, 0) is 5.67 Å². The van der Waals surface area contributed by atoms with Gasteiger partial charge in [-0.2, -0.15) is 11.3 Å². The molecule has 0 radical (unpaired) electrons. The minimum atomic E-state index is -1.55. The number of hydrogen-bond acceptors (Lipinski definition) is 2. The lowest BCUT2D eigenvalue weighted by Crippen LogP contribution is -2.31. The van der Waals surface area contributed by atoms with Gasteiger partial charge in [0.25, 0.3) is 0 Å². The summed E-state index contributed by atoms with van der Waals surface area (Å²) >= 11 is 1.48. The van der Waals surface area contributed by atoms with Gasteiger partial charge >= 0.3 is 0 Å². The van der Waals surface area contributed by atoms with Crippen LogP contribution in [0.3, 0.4) is 0 Å². The highest BCUT2D eigenvalue weighted by Crippen LogP contribution is 2.33. The van der Waals surface area contributed by atoms with Crippen LogP contribution >= 0.6 is 11.3 Å². The van der Waals surface area contributed by atoms with Crippen molar-refractivity contribution in [1.29, 1.82) is 0 Å². The van der Waals surface area contributed by atoms with Gasteiger partial charge in [0.2, 0.25) is 0 Å². The van der Waals surface area contributed by atoms with Crippen molar-refractivity contribution in [2.24, 2.45) is 5.73 Å². The van der Waals surface area contributed by atoms with Crippen molar-refractivity contribution < 1.29 is 4.39 Å². The highest BCUT2D eigenvalue weighted by Gasteiger charge is 2.32. The molecule has 1 unspecified atom stereocenters. The third-order valence-corrected chi connectivity index (χ3v) is 3.17. The molecule has 0 aliphatic rings. The van der Waals surface area contributed by atoms with Gasteiger partial charge in [-0.05, 0) is 22.4 Å². The molecule has 0 aliphatic carbocycles. The first kappa shape index (κ1) is 10.3. The van der Waals surface area contributed by atoms with Crippen molar-refractivity contribution in [3.05, 3.63) is 58.3 Å². The molecule has 0 bridgehead atoms. The van der Waals surface area contributed by atoms with Gasteiger partial charge in [-0.15, -0.1) is 0 Å². The monoisotopic (exact) mass is 221 g/mol. The molecule has 0 saturated carbocycles. The first-order valence-corrected chi connectivity index (χ1v) is 5.69. The lowest BCUT2D eigenvalue weighted by Gasteiger charge is -2.23. The van der Waals surface area contributed by atoms with Gasteiger partial charge in [-0.3, -0.25) is 0 Å². The molecule has 1 heterocycles. The fraction of sp³-hybridized carbons (Fsp3) is 0.167. The minimum absolute atomic E-state index is 0.0340. The van der Waals surface area contributed by atoms with Gasteiger partial charge in [-0.1, -0.05) is 30.3 Å². The average molecular weight is 221 g/mol. The first-order chi connectivity index (χ1) is 7.27. The molecule has 2 aromatic rings. The fourth-order valence-electron chi connectivity index (χ4n) is 1.59. The number of hydrogen-bond donors (Lipinski definition) is 1. The molecule has 2 rings (SSSR count). The van der Waals surface area contributed by atoms with Gasteiger partial charge in [0, 0.05) is 12.1 Å². The van der Waals surface area contributed by atoms with E-state index in [2.05, 4.69) is 0 Å². The third kappa shape index (κ3) is 1.80. The number of alkyl halides is 1. The van der Waals surface area contributed by atoms with E-state index in [1.807, 2.05) is 23.6 Å². The molecule has 3 heteroatoms. The Morgan fingerprint density at radius 2 is 1.87 bits per heavy atom. The summed E-state index contributed by atoms with van der Waals surface area (Å²) in [6.07, 6.45) is 0. The van der Waals surface area contributed by atoms with Crippen LogP contribution in [0.1, 0.15) is 11.1 Å². The Hall–Kier alpha value is -1.19. The zero-order valence-electron chi connectivity index (χ0n) is 8.19. The third-order valence-electron chi connectivity index (χ3n) is 2.49. The molecule has 0 spiro atoms. The van der Waals surface area contributed by atoms with Crippen LogP contribution in [0.25, 0.3) is 0 Å². The van der Waals surface area contributed by atoms with E-state index in [4.69, 9.17) is 5.73 Å². The maximum atomic E-state index is 14.7. The Labute approximate surface area is 92.4 Å². The van der Waals surface area contributed by atoms with E-state index in [0.717, 1.165) is 0 Å². The van der Waals surface area contributed by atoms with E-state index in [1.165, 1.54) is 11.3 Å². The first-order valence-electron chi connectivity index (χ1n) is 4.74. The number of benzene rings is 1. The average Bonchev–Trinajstić information content (AvgIpc) is 2.83. The molecule has 2 N–H and O–H groups in total. The van der Waals surface area contributed by atoms with Crippen LogP contribution in [0.15, 0.2) is 47.2 Å². The summed E-state index contributed by atoms with van der Waals surface area (Å²) in [5.41, 5.74) is 5.26. The minimum Gasteiger partial charge on any atom is -0.327 e. The Balaban J connectivity index is 2.47. The van der Waals surface area contributed by atoms with Crippen LogP contribution in [0.4, 0.5) is 4.39 Å². The Morgan fingerprint density at radius 1 is 1.13 bits per heavy atom. The fourth-order valence-corrected chi connectivity index (χ4v) is 2.31. The summed E-state index contributed by atoms with van der Waals surface area (Å²) in [7, 11) is 0. The second-order valence-electron chi connectivity index (χ2n) is 3.38. The highest BCUT2D eigenvalue weighted by atomic mass is 32.1. The van der Waals surface area contributed by atoms with E-state index < -0.39 is 5.67 Å². The molecule has 0 aliphatic heterocycles. The lowest BCUT2D eigenvalue weighted by atomic mass is 9.90. The van der Waals surface area contributed by atoms with Gasteiger partial charge < -0.3 is 5.73 Å². The van der Waals surface area contributed by atoms with Crippen molar-refractivity contribution in [3.63, 3.8) is 0 Å². The van der Waals surface area contributed by atoms with Gasteiger partial charge in [0.05, 0.1) is 0 Å². The molecule has 1 nitrogen and oxygen atoms in total. The topological polar surface area (TPSA) is 26.0 Å². The standard InChI is InChI=1S/C12H12FNS/c13-12(9-14,11-6-7-15-8-11)10-4-2-1-3-5-10/h1-8H,9,14H2. The molecule has 1 aromatic carbocycles. The molecular formula is C12H12FNS. The number of halogens is 1. The second-order valence-corrected chi connectivity index (χ2v) is 4.16. The zero-order valence-corrected chi connectivity index (χ0v) is 9.01. The molecule has 1 aromatic heterocycles. The van der Waals surface area contributed by atoms with Crippen LogP contribution in [0.2, 0.25) is 0 Å². The number of nitrogens with two attached hydrogens (primary N) is 1. The summed E-state index contributed by atoms with van der Waals surface area (Å²) in [5.74, 6) is 0. The van der Waals surface area contributed by atoms with Crippen molar-refractivity contribution in [3.8, 4) is 0 Å². The molecule has 78 valence electrons. The predicted octanol–water partition coefficient (Wildman–Crippen LogP) is 2.92. The summed E-state index contributed by atoms with van der Waals surface area (Å²) in [5, 5.41) is 3.67. The van der Waals surface area contributed by atoms with Crippen LogP contribution in [-0.4, -0.2) is 6.54 Å². The van der Waals surface area contributed by atoms with Crippen molar-refractivity contribution >= 4 is 11.3 Å². The van der Waals surface area contributed by atoms with Gasteiger partial charge in [0.1, 0.15) is 0 Å². The summed E-state index contributed by atoms with van der Waals surface area (Å²) in [4.78, 5) is 0. The van der Waals surface area contributed by atoms with Crippen molar-refractivity contribution in [1.82, 2.24) is 0 Å². The largest absolute Gasteiger partial charge is 0.327 e. The Morgan fingerprint density at radius 3 is 2.40 bits per heavy atom. The van der Waals surface area contributed by atoms with Crippen molar-refractivity contribution in [2.45, 2.75) is 5.67 Å². The second kappa shape index (κ2) is 4.13. The van der Waals surface area contributed by atoms with E-state index in [1.54, 1.807) is 23.6 Å². The zero-order chi connectivity index (χ0) is 10.7. The molecule has 0 saturated heterocycles.